The van der Waals surface area contributed by atoms with E-state index in [2.05, 4.69) is 15.3 Å². The molecular formula is C8H9N5. The van der Waals surface area contributed by atoms with Crippen molar-refractivity contribution in [1.29, 1.82) is 0 Å². The Morgan fingerprint density at radius 3 is 2.62 bits per heavy atom. The van der Waals surface area contributed by atoms with Crippen molar-refractivity contribution in [3.05, 3.63) is 30.1 Å². The lowest BCUT2D eigenvalue weighted by atomic mass is 10.5. The van der Waals surface area contributed by atoms with Gasteiger partial charge in [-0.15, -0.1) is 10.2 Å². The van der Waals surface area contributed by atoms with Crippen LogP contribution in [0.15, 0.2) is 24.4 Å². The molecule has 2 aromatic rings. The largest absolute Gasteiger partial charge is 0.382 e. The maximum Gasteiger partial charge on any atom is 0.175 e. The van der Waals surface area contributed by atoms with Crippen molar-refractivity contribution < 1.29 is 0 Å². The number of nitrogens with zero attached hydrogens (tertiary/aromatic N) is 4. The van der Waals surface area contributed by atoms with E-state index in [4.69, 9.17) is 5.73 Å². The van der Waals surface area contributed by atoms with E-state index in [-0.39, 0.29) is 0 Å². The number of aromatic nitrogens is 4. The predicted octanol–water partition coefficient (Wildman–Crippen LogP) is 0.553. The van der Waals surface area contributed by atoms with Crippen LogP contribution in [-0.4, -0.2) is 20.0 Å². The van der Waals surface area contributed by atoms with Crippen molar-refractivity contribution in [2.45, 2.75) is 6.92 Å². The lowest BCUT2D eigenvalue weighted by Gasteiger charge is -1.97. The van der Waals surface area contributed by atoms with E-state index in [9.17, 15) is 0 Å². The molecular weight excluding hydrogens is 166 g/mol. The molecule has 5 nitrogen and oxygen atoms in total. The summed E-state index contributed by atoms with van der Waals surface area (Å²) in [5.41, 5.74) is 6.35. The lowest BCUT2D eigenvalue weighted by Crippen LogP contribution is -2.01. The third-order valence-corrected chi connectivity index (χ3v) is 1.63. The minimum absolute atomic E-state index is 0.410. The van der Waals surface area contributed by atoms with Crippen molar-refractivity contribution in [2.24, 2.45) is 0 Å². The summed E-state index contributed by atoms with van der Waals surface area (Å²) >= 11 is 0. The van der Waals surface area contributed by atoms with Crippen LogP contribution in [0, 0.1) is 6.92 Å². The molecule has 0 atom stereocenters. The van der Waals surface area contributed by atoms with Crippen LogP contribution in [0.5, 0.6) is 0 Å². The van der Waals surface area contributed by atoms with Crippen molar-refractivity contribution in [1.82, 2.24) is 20.0 Å². The molecule has 0 amide bonds. The Bertz CT molecular complexity index is 403. The number of rotatable bonds is 1. The van der Waals surface area contributed by atoms with Gasteiger partial charge in [-0.2, -0.15) is 5.10 Å². The first-order valence-electron chi connectivity index (χ1n) is 3.87. The molecule has 0 saturated heterocycles. The summed E-state index contributed by atoms with van der Waals surface area (Å²) in [4.78, 5) is 0. The highest BCUT2D eigenvalue weighted by atomic mass is 15.3. The van der Waals surface area contributed by atoms with Crippen LogP contribution >= 0.6 is 0 Å². The fraction of sp³-hybridized carbons (Fsp3) is 0.125. The van der Waals surface area contributed by atoms with Gasteiger partial charge in [-0.1, -0.05) is 0 Å². The van der Waals surface area contributed by atoms with Crippen molar-refractivity contribution in [3.8, 4) is 5.82 Å². The number of aryl methyl sites for hydroxylation is 1. The first-order valence-corrected chi connectivity index (χ1v) is 3.87. The zero-order valence-corrected chi connectivity index (χ0v) is 7.18. The number of hydrogen-bond donors (Lipinski definition) is 1. The molecule has 0 unspecified atom stereocenters. The summed E-state index contributed by atoms with van der Waals surface area (Å²) in [5.74, 6) is 1.08. The van der Waals surface area contributed by atoms with Crippen LogP contribution in [0.3, 0.4) is 0 Å². The SMILES string of the molecule is Cc1ccn(-c2ccc(N)nn2)n1. The molecule has 0 radical (unpaired) electrons. The zero-order valence-electron chi connectivity index (χ0n) is 7.18. The minimum atomic E-state index is 0.410. The second-order valence-corrected chi connectivity index (χ2v) is 2.72. The van der Waals surface area contributed by atoms with Gasteiger partial charge >= 0.3 is 0 Å². The maximum absolute atomic E-state index is 5.41. The lowest BCUT2D eigenvalue weighted by molar-refractivity contribution is 0.806. The van der Waals surface area contributed by atoms with Crippen LogP contribution in [0.2, 0.25) is 0 Å². The molecule has 0 fully saturated rings. The van der Waals surface area contributed by atoms with Gasteiger partial charge in [-0.05, 0) is 25.1 Å². The highest BCUT2D eigenvalue weighted by Crippen LogP contribution is 2.03. The van der Waals surface area contributed by atoms with E-state index in [0.29, 0.717) is 11.6 Å². The monoisotopic (exact) mass is 175 g/mol. The number of anilines is 1. The fourth-order valence-electron chi connectivity index (χ4n) is 1.00. The van der Waals surface area contributed by atoms with E-state index in [0.717, 1.165) is 5.69 Å². The van der Waals surface area contributed by atoms with Gasteiger partial charge in [0.2, 0.25) is 0 Å². The van der Waals surface area contributed by atoms with Crippen LogP contribution in [0.1, 0.15) is 5.69 Å². The van der Waals surface area contributed by atoms with Gasteiger partial charge in [-0.25, -0.2) is 4.68 Å². The zero-order chi connectivity index (χ0) is 9.26. The highest BCUT2D eigenvalue weighted by Gasteiger charge is 1.98. The molecule has 5 heteroatoms. The van der Waals surface area contributed by atoms with Crippen molar-refractivity contribution in [2.75, 3.05) is 5.73 Å². The summed E-state index contributed by atoms with van der Waals surface area (Å²) in [5, 5.41) is 11.8. The Hall–Kier alpha value is -1.91. The third-order valence-electron chi connectivity index (χ3n) is 1.63. The van der Waals surface area contributed by atoms with E-state index in [1.165, 1.54) is 0 Å². The average molecular weight is 175 g/mol. The Morgan fingerprint density at radius 1 is 1.23 bits per heavy atom. The molecule has 2 rings (SSSR count). The topological polar surface area (TPSA) is 69.6 Å². The first kappa shape index (κ1) is 7.72. The fourth-order valence-corrected chi connectivity index (χ4v) is 1.00. The molecule has 0 bridgehead atoms. The van der Waals surface area contributed by atoms with Crippen molar-refractivity contribution in [3.63, 3.8) is 0 Å². The number of nitrogens with two attached hydrogens (primary N) is 1. The normalized spacial score (nSPS) is 10.2. The third kappa shape index (κ3) is 1.48. The molecule has 13 heavy (non-hydrogen) atoms. The van der Waals surface area contributed by atoms with Gasteiger partial charge in [0.05, 0.1) is 5.69 Å². The Balaban J connectivity index is 2.41. The standard InChI is InChI=1S/C8H9N5/c1-6-4-5-13(12-6)8-3-2-7(9)10-11-8/h2-5H,1H3,(H2,9,10). The van der Waals surface area contributed by atoms with E-state index >= 15 is 0 Å². The smallest absolute Gasteiger partial charge is 0.175 e. The van der Waals surface area contributed by atoms with E-state index in [1.807, 2.05) is 19.2 Å². The van der Waals surface area contributed by atoms with Gasteiger partial charge in [0.1, 0.15) is 5.82 Å². The Morgan fingerprint density at radius 2 is 2.08 bits per heavy atom. The van der Waals surface area contributed by atoms with Gasteiger partial charge in [0.15, 0.2) is 5.82 Å². The Kier molecular flexibility index (Phi) is 1.70. The van der Waals surface area contributed by atoms with E-state index in [1.54, 1.807) is 16.8 Å². The second-order valence-electron chi connectivity index (χ2n) is 2.72. The van der Waals surface area contributed by atoms with Gasteiger partial charge in [0, 0.05) is 6.20 Å². The Labute approximate surface area is 75.2 Å². The summed E-state index contributed by atoms with van der Waals surface area (Å²) in [7, 11) is 0. The number of nitrogen functional groups attached to an aromatic ring is 1. The van der Waals surface area contributed by atoms with Crippen molar-refractivity contribution >= 4 is 5.82 Å². The molecule has 2 heterocycles. The molecule has 2 N–H and O–H groups in total. The molecule has 0 spiro atoms. The molecule has 66 valence electrons. The molecule has 0 saturated carbocycles. The van der Waals surface area contributed by atoms with E-state index < -0.39 is 0 Å². The van der Waals surface area contributed by atoms with Gasteiger partial charge in [0.25, 0.3) is 0 Å². The summed E-state index contributed by atoms with van der Waals surface area (Å²) in [6, 6.07) is 5.37. The van der Waals surface area contributed by atoms with Crippen LogP contribution in [0.25, 0.3) is 5.82 Å². The summed E-state index contributed by atoms with van der Waals surface area (Å²) in [6.45, 7) is 1.92. The van der Waals surface area contributed by atoms with Crippen LogP contribution in [0.4, 0.5) is 5.82 Å². The van der Waals surface area contributed by atoms with Gasteiger partial charge in [-0.3, -0.25) is 0 Å². The maximum atomic E-state index is 5.41. The average Bonchev–Trinajstić information content (AvgIpc) is 2.53. The second kappa shape index (κ2) is 2.85. The highest BCUT2D eigenvalue weighted by molar-refractivity contribution is 5.30. The molecule has 2 aromatic heterocycles. The number of hydrogen-bond acceptors (Lipinski definition) is 4. The quantitative estimate of drug-likeness (QED) is 0.687. The van der Waals surface area contributed by atoms with Gasteiger partial charge < -0.3 is 5.73 Å². The minimum Gasteiger partial charge on any atom is -0.382 e. The molecule has 0 aliphatic rings. The van der Waals surface area contributed by atoms with Crippen LogP contribution in [-0.2, 0) is 0 Å². The molecule has 0 aliphatic heterocycles. The molecule has 0 aromatic carbocycles. The predicted molar refractivity (Wildman–Crippen MR) is 48.3 cm³/mol. The van der Waals surface area contributed by atoms with Crippen LogP contribution < -0.4 is 5.73 Å². The first-order chi connectivity index (χ1) is 6.25. The molecule has 0 aliphatic carbocycles. The summed E-state index contributed by atoms with van der Waals surface area (Å²) < 4.78 is 1.65. The summed E-state index contributed by atoms with van der Waals surface area (Å²) in [6.07, 6.45) is 1.83.